The SMILES string of the molecule is C[C@@H](OC(=O)c1ccccc1N1CCCC1=O)C(=O)Nc1ccccc1C#N. The number of nitrogens with one attached hydrogen (secondary N) is 1. The zero-order valence-corrected chi connectivity index (χ0v) is 15.3. The minimum Gasteiger partial charge on any atom is -0.449 e. The Morgan fingerprint density at radius 2 is 1.89 bits per heavy atom. The minimum absolute atomic E-state index is 0.0425. The second kappa shape index (κ2) is 8.35. The number of esters is 1. The van der Waals surface area contributed by atoms with Gasteiger partial charge in [-0.2, -0.15) is 5.26 Å². The van der Waals surface area contributed by atoms with Crippen molar-refractivity contribution in [2.24, 2.45) is 0 Å². The molecular weight excluding hydrogens is 358 g/mol. The number of amides is 2. The molecule has 1 N–H and O–H groups in total. The van der Waals surface area contributed by atoms with Crippen molar-refractivity contribution in [3.8, 4) is 6.07 Å². The molecule has 1 aliphatic rings. The van der Waals surface area contributed by atoms with Crippen LogP contribution in [-0.4, -0.2) is 30.4 Å². The normalized spacial score (nSPS) is 14.3. The van der Waals surface area contributed by atoms with E-state index in [0.29, 0.717) is 29.9 Å². The molecule has 1 aliphatic heterocycles. The van der Waals surface area contributed by atoms with Crippen molar-refractivity contribution in [3.05, 3.63) is 59.7 Å². The lowest BCUT2D eigenvalue weighted by atomic mass is 10.1. The molecule has 1 saturated heterocycles. The number of nitrogens with zero attached hydrogens (tertiary/aromatic N) is 2. The Bertz CT molecular complexity index is 964. The average Bonchev–Trinajstić information content (AvgIpc) is 3.14. The first-order chi connectivity index (χ1) is 13.5. The van der Waals surface area contributed by atoms with Gasteiger partial charge >= 0.3 is 5.97 Å². The Kier molecular flexibility index (Phi) is 5.70. The van der Waals surface area contributed by atoms with E-state index in [1.54, 1.807) is 53.4 Å². The quantitative estimate of drug-likeness (QED) is 0.808. The highest BCUT2D eigenvalue weighted by Gasteiger charge is 2.27. The van der Waals surface area contributed by atoms with Crippen molar-refractivity contribution in [2.75, 3.05) is 16.8 Å². The van der Waals surface area contributed by atoms with Crippen LogP contribution in [0.1, 0.15) is 35.7 Å². The number of para-hydroxylation sites is 2. The number of ether oxygens (including phenoxy) is 1. The summed E-state index contributed by atoms with van der Waals surface area (Å²) in [6, 6.07) is 15.2. The van der Waals surface area contributed by atoms with Gasteiger partial charge in [0, 0.05) is 13.0 Å². The lowest BCUT2D eigenvalue weighted by Crippen LogP contribution is -2.31. The molecule has 0 bridgehead atoms. The van der Waals surface area contributed by atoms with Gasteiger partial charge in [-0.3, -0.25) is 9.59 Å². The number of nitriles is 1. The Morgan fingerprint density at radius 3 is 2.61 bits per heavy atom. The fraction of sp³-hybridized carbons (Fsp3) is 0.238. The van der Waals surface area contributed by atoms with Crippen molar-refractivity contribution in [1.29, 1.82) is 5.26 Å². The zero-order valence-electron chi connectivity index (χ0n) is 15.3. The van der Waals surface area contributed by atoms with Crippen LogP contribution < -0.4 is 10.2 Å². The van der Waals surface area contributed by atoms with Gasteiger partial charge in [-0.15, -0.1) is 0 Å². The van der Waals surface area contributed by atoms with E-state index in [9.17, 15) is 14.4 Å². The highest BCUT2D eigenvalue weighted by molar-refractivity contribution is 6.04. The maximum absolute atomic E-state index is 12.6. The number of carbonyl (C=O) groups is 3. The third kappa shape index (κ3) is 4.01. The number of hydrogen-bond acceptors (Lipinski definition) is 5. The first-order valence-electron chi connectivity index (χ1n) is 8.91. The van der Waals surface area contributed by atoms with Crippen molar-refractivity contribution in [3.63, 3.8) is 0 Å². The molecular formula is C21H19N3O4. The smallest absolute Gasteiger partial charge is 0.341 e. The van der Waals surface area contributed by atoms with Gasteiger partial charge in [-0.05, 0) is 37.6 Å². The minimum atomic E-state index is -1.08. The van der Waals surface area contributed by atoms with E-state index in [1.807, 2.05) is 6.07 Å². The van der Waals surface area contributed by atoms with Gasteiger partial charge in [0.2, 0.25) is 5.91 Å². The summed E-state index contributed by atoms with van der Waals surface area (Å²) in [7, 11) is 0. The molecule has 1 fully saturated rings. The molecule has 0 unspecified atom stereocenters. The predicted molar refractivity (Wildman–Crippen MR) is 103 cm³/mol. The van der Waals surface area contributed by atoms with E-state index in [0.717, 1.165) is 6.42 Å². The lowest BCUT2D eigenvalue weighted by Gasteiger charge is -2.20. The molecule has 7 nitrogen and oxygen atoms in total. The van der Waals surface area contributed by atoms with Crippen LogP contribution in [0, 0.1) is 11.3 Å². The Balaban J connectivity index is 1.72. The third-order valence-electron chi connectivity index (χ3n) is 4.45. The summed E-state index contributed by atoms with van der Waals surface area (Å²) in [4.78, 5) is 38.6. The Labute approximate surface area is 162 Å². The van der Waals surface area contributed by atoms with Crippen LogP contribution in [0.3, 0.4) is 0 Å². The highest BCUT2D eigenvalue weighted by atomic mass is 16.5. The first kappa shape index (κ1) is 19.1. The van der Waals surface area contributed by atoms with Crippen LogP contribution in [0.2, 0.25) is 0 Å². The molecule has 0 aromatic heterocycles. The molecule has 0 saturated carbocycles. The average molecular weight is 377 g/mol. The summed E-state index contributed by atoms with van der Waals surface area (Å²) in [6.07, 6.45) is 0.0985. The molecule has 28 heavy (non-hydrogen) atoms. The number of anilines is 2. The molecule has 7 heteroatoms. The zero-order chi connectivity index (χ0) is 20.1. The van der Waals surface area contributed by atoms with Crippen molar-refractivity contribution in [1.82, 2.24) is 0 Å². The fourth-order valence-electron chi connectivity index (χ4n) is 2.99. The van der Waals surface area contributed by atoms with Crippen molar-refractivity contribution >= 4 is 29.2 Å². The second-order valence-electron chi connectivity index (χ2n) is 6.36. The molecule has 2 aromatic carbocycles. The van der Waals surface area contributed by atoms with E-state index in [-0.39, 0.29) is 11.5 Å². The summed E-state index contributed by atoms with van der Waals surface area (Å²) in [5.41, 5.74) is 1.38. The van der Waals surface area contributed by atoms with Gasteiger partial charge in [-0.1, -0.05) is 24.3 Å². The molecule has 1 heterocycles. The summed E-state index contributed by atoms with van der Waals surface area (Å²) in [5.74, 6) is -1.28. The molecule has 2 amide bonds. The van der Waals surface area contributed by atoms with E-state index in [2.05, 4.69) is 5.32 Å². The Morgan fingerprint density at radius 1 is 1.18 bits per heavy atom. The van der Waals surface area contributed by atoms with Crippen LogP contribution in [0.15, 0.2) is 48.5 Å². The number of carbonyl (C=O) groups excluding carboxylic acids is 3. The van der Waals surface area contributed by atoms with Gasteiger partial charge in [0.05, 0.1) is 22.5 Å². The summed E-state index contributed by atoms with van der Waals surface area (Å²) >= 11 is 0. The molecule has 0 spiro atoms. The van der Waals surface area contributed by atoms with Crippen LogP contribution in [0.5, 0.6) is 0 Å². The first-order valence-corrected chi connectivity index (χ1v) is 8.91. The van der Waals surface area contributed by atoms with Crippen LogP contribution in [-0.2, 0) is 14.3 Å². The van der Waals surface area contributed by atoms with Gasteiger partial charge in [0.1, 0.15) is 6.07 Å². The fourth-order valence-corrected chi connectivity index (χ4v) is 2.99. The molecule has 142 valence electrons. The molecule has 0 aliphatic carbocycles. The maximum atomic E-state index is 12.6. The maximum Gasteiger partial charge on any atom is 0.341 e. The van der Waals surface area contributed by atoms with Crippen molar-refractivity contribution < 1.29 is 19.1 Å². The monoisotopic (exact) mass is 377 g/mol. The molecule has 3 rings (SSSR count). The van der Waals surface area contributed by atoms with Gasteiger partial charge < -0.3 is 15.0 Å². The number of hydrogen-bond donors (Lipinski definition) is 1. The van der Waals surface area contributed by atoms with E-state index < -0.39 is 18.0 Å². The van der Waals surface area contributed by atoms with Gasteiger partial charge in [0.25, 0.3) is 5.91 Å². The summed E-state index contributed by atoms with van der Waals surface area (Å²) in [5, 5.41) is 11.7. The van der Waals surface area contributed by atoms with Gasteiger partial charge in [0.15, 0.2) is 6.10 Å². The molecule has 1 atom stereocenters. The van der Waals surface area contributed by atoms with E-state index >= 15 is 0 Å². The van der Waals surface area contributed by atoms with Gasteiger partial charge in [-0.25, -0.2) is 4.79 Å². The largest absolute Gasteiger partial charge is 0.449 e. The standard InChI is InChI=1S/C21H19N3O4/c1-14(20(26)23-17-9-4-2-7-15(17)13-22)28-21(27)16-8-3-5-10-18(16)24-12-6-11-19(24)25/h2-5,7-10,14H,6,11-12H2,1H3,(H,23,26)/t14-/m1/s1. The highest BCUT2D eigenvalue weighted by Crippen LogP contribution is 2.26. The van der Waals surface area contributed by atoms with Crippen molar-refractivity contribution in [2.45, 2.75) is 25.9 Å². The van der Waals surface area contributed by atoms with E-state index in [1.165, 1.54) is 6.92 Å². The molecule has 0 radical (unpaired) electrons. The van der Waals surface area contributed by atoms with Crippen LogP contribution >= 0.6 is 0 Å². The summed E-state index contributed by atoms with van der Waals surface area (Å²) in [6.45, 7) is 2.00. The second-order valence-corrected chi connectivity index (χ2v) is 6.36. The van der Waals surface area contributed by atoms with Crippen LogP contribution in [0.4, 0.5) is 11.4 Å². The third-order valence-corrected chi connectivity index (χ3v) is 4.45. The topological polar surface area (TPSA) is 99.5 Å². The Hall–Kier alpha value is -3.66. The van der Waals surface area contributed by atoms with Crippen LogP contribution in [0.25, 0.3) is 0 Å². The lowest BCUT2D eigenvalue weighted by molar-refractivity contribution is -0.123. The predicted octanol–water partition coefficient (Wildman–Crippen LogP) is 2.87. The van der Waals surface area contributed by atoms with E-state index in [4.69, 9.17) is 10.00 Å². The number of rotatable bonds is 5. The summed E-state index contributed by atoms with van der Waals surface area (Å²) < 4.78 is 5.31. The molecule has 2 aromatic rings. The number of benzene rings is 2.